The number of aliphatic imine (C=N–C) groups is 2. The van der Waals surface area contributed by atoms with Crippen LogP contribution in [0.4, 0.5) is 11.4 Å². The van der Waals surface area contributed by atoms with E-state index in [2.05, 4.69) is 9.98 Å². The van der Waals surface area contributed by atoms with Gasteiger partial charge in [-0.2, -0.15) is 6.42 Å². The van der Waals surface area contributed by atoms with Crippen molar-refractivity contribution in [3.63, 3.8) is 0 Å². The molecule has 1 aliphatic heterocycles. The van der Waals surface area contributed by atoms with E-state index in [0.29, 0.717) is 0 Å². The summed E-state index contributed by atoms with van der Waals surface area (Å²) in [7, 11) is 14.9. The second-order valence-electron chi connectivity index (χ2n) is 5.44. The van der Waals surface area contributed by atoms with E-state index in [1.165, 1.54) is 6.42 Å². The van der Waals surface area contributed by atoms with Gasteiger partial charge in [0.1, 0.15) is 0 Å². The molecule has 0 radical (unpaired) electrons. The number of ether oxygens (including phenoxy) is 1. The average Bonchev–Trinajstić information content (AvgIpc) is 3.23. The van der Waals surface area contributed by atoms with Crippen LogP contribution in [0.1, 0.15) is 26.7 Å². The summed E-state index contributed by atoms with van der Waals surface area (Å²) in [5.41, 5.74) is 3.78. The molecule has 0 aliphatic carbocycles. The van der Waals surface area contributed by atoms with E-state index < -0.39 is 12.3 Å². The van der Waals surface area contributed by atoms with E-state index in [4.69, 9.17) is 34.3 Å². The van der Waals surface area contributed by atoms with Crippen LogP contribution in [-0.2, 0) is 17.0 Å². The first-order chi connectivity index (χ1) is 13.0. The third-order valence-corrected chi connectivity index (χ3v) is 3.33. The number of halogens is 3. The van der Waals surface area contributed by atoms with Crippen LogP contribution in [0.2, 0.25) is 0 Å². The van der Waals surface area contributed by atoms with Gasteiger partial charge in [-0.3, -0.25) is 9.98 Å². The summed E-state index contributed by atoms with van der Waals surface area (Å²) in [6, 6.07) is 19.8. The second kappa shape index (κ2) is 15.2. The van der Waals surface area contributed by atoms with Crippen molar-refractivity contribution in [3.8, 4) is 0 Å². The molecule has 0 bridgehead atoms. The van der Waals surface area contributed by atoms with Crippen LogP contribution < -0.4 is 0 Å². The quantitative estimate of drug-likeness (QED) is 0.340. The Bertz CT molecular complexity index is 627. The Kier molecular flexibility index (Phi) is 13.6. The van der Waals surface area contributed by atoms with Crippen LogP contribution in [0, 0.1) is 6.61 Å². The Labute approximate surface area is 179 Å². The molecule has 3 rings (SSSR count). The first-order valence-corrected chi connectivity index (χ1v) is 14.2. The Morgan fingerprint density at radius 2 is 1.26 bits per heavy atom. The van der Waals surface area contributed by atoms with Crippen molar-refractivity contribution in [1.29, 1.82) is 0 Å². The van der Waals surface area contributed by atoms with Gasteiger partial charge in [0, 0.05) is 6.61 Å². The van der Waals surface area contributed by atoms with Crippen LogP contribution in [0.25, 0.3) is 0 Å². The summed E-state index contributed by atoms with van der Waals surface area (Å²) >= 11 is -1.77. The predicted octanol–water partition coefficient (Wildman–Crippen LogP) is 7.60. The third-order valence-electron chi connectivity index (χ3n) is 3.33. The molecule has 1 heterocycles. The van der Waals surface area contributed by atoms with Crippen molar-refractivity contribution in [2.45, 2.75) is 26.7 Å². The number of rotatable bonds is 3. The van der Waals surface area contributed by atoms with Gasteiger partial charge in [-0.25, -0.2) is 6.61 Å². The number of benzene rings is 2. The molecule has 1 aliphatic rings. The molecule has 1 saturated heterocycles. The maximum absolute atomic E-state index is 4.95. The molecule has 0 unspecified atom stereocenters. The summed E-state index contributed by atoms with van der Waals surface area (Å²) in [5.74, 6) is 0. The first kappa shape index (κ1) is 24.2. The number of para-hydroxylation sites is 2. The Morgan fingerprint density at radius 3 is 1.52 bits per heavy atom. The maximum atomic E-state index is 4.95. The Morgan fingerprint density at radius 1 is 0.852 bits per heavy atom. The monoisotopic (exact) mass is 463 g/mol. The summed E-state index contributed by atoms with van der Waals surface area (Å²) in [5, 5.41) is 0. The fourth-order valence-electron chi connectivity index (χ4n) is 1.97. The van der Waals surface area contributed by atoms with Crippen molar-refractivity contribution < 1.29 is 17.0 Å². The van der Waals surface area contributed by atoms with Gasteiger partial charge in [0.05, 0.1) is 22.8 Å². The zero-order chi connectivity index (χ0) is 19.9. The van der Waals surface area contributed by atoms with Crippen LogP contribution in [0.3, 0.4) is 0 Å². The van der Waals surface area contributed by atoms with Gasteiger partial charge >= 0.3 is 41.8 Å². The average molecular weight is 465 g/mol. The third kappa shape index (κ3) is 13.1. The minimum absolute atomic E-state index is 0.935. The molecule has 27 heavy (non-hydrogen) atoms. The standard InChI is InChI=1S/C16H16N2.C4H7O.3ClH.V/c1-13(17-15-9-5-3-6-10-15)14(2)18-16-11-7-4-8-12-16;1-2-4-5-3-1;;;;/h3-12H,1-2H3;3H,1-2,4H2;3*1H;/q;-1;;;;+3/p-3. The molecule has 146 valence electrons. The zero-order valence-electron chi connectivity index (χ0n) is 15.4. The SMILES string of the molecule is CC(=Nc1ccccc1)C(C)=Nc1ccccc1.[CH-]1CCCO1.[Cl][V]([Cl])[Cl]. The van der Waals surface area contributed by atoms with E-state index in [1.54, 1.807) is 0 Å². The Balaban J connectivity index is 0.000000333. The van der Waals surface area contributed by atoms with Crippen molar-refractivity contribution >= 4 is 52.3 Å². The molecule has 2 aromatic rings. The van der Waals surface area contributed by atoms with Crippen molar-refractivity contribution in [1.82, 2.24) is 0 Å². The summed E-state index contributed by atoms with van der Waals surface area (Å²) < 4.78 is 4.82. The van der Waals surface area contributed by atoms with E-state index >= 15 is 0 Å². The summed E-state index contributed by atoms with van der Waals surface area (Å²) in [4.78, 5) is 9.08. The van der Waals surface area contributed by atoms with E-state index in [-0.39, 0.29) is 0 Å². The molecule has 0 spiro atoms. The predicted molar refractivity (Wildman–Crippen MR) is 115 cm³/mol. The zero-order valence-corrected chi connectivity index (χ0v) is 19.0. The van der Waals surface area contributed by atoms with Gasteiger partial charge in [-0.1, -0.05) is 42.8 Å². The van der Waals surface area contributed by atoms with Crippen LogP contribution in [0.15, 0.2) is 70.6 Å². The molecular weight excluding hydrogens is 442 g/mol. The summed E-state index contributed by atoms with van der Waals surface area (Å²) in [6.07, 6.45) is 2.38. The molecule has 1 fully saturated rings. The molecular formula is C20H23Cl3N2OV-. The normalized spacial score (nSPS) is 14.1. The van der Waals surface area contributed by atoms with Gasteiger partial charge in [-0.05, 0) is 38.1 Å². The topological polar surface area (TPSA) is 34.0 Å². The Hall–Kier alpha value is -0.806. The van der Waals surface area contributed by atoms with Gasteiger partial charge < -0.3 is 4.74 Å². The minimum atomic E-state index is -1.77. The van der Waals surface area contributed by atoms with Crippen molar-refractivity contribution in [3.05, 3.63) is 67.3 Å². The molecule has 3 nitrogen and oxygen atoms in total. The van der Waals surface area contributed by atoms with Gasteiger partial charge in [0.15, 0.2) is 0 Å². The van der Waals surface area contributed by atoms with Crippen LogP contribution >= 0.6 is 29.5 Å². The first-order valence-electron chi connectivity index (χ1n) is 8.41. The number of hydrogen-bond acceptors (Lipinski definition) is 3. The van der Waals surface area contributed by atoms with E-state index in [1.807, 2.05) is 81.1 Å². The molecule has 0 saturated carbocycles. The molecule has 2 aromatic carbocycles. The van der Waals surface area contributed by atoms with E-state index in [0.717, 1.165) is 35.8 Å². The number of hydrogen-bond donors (Lipinski definition) is 0. The number of nitrogens with zero attached hydrogens (tertiary/aromatic N) is 2. The van der Waals surface area contributed by atoms with Gasteiger partial charge in [0.25, 0.3) is 0 Å². The van der Waals surface area contributed by atoms with Crippen molar-refractivity contribution in [2.75, 3.05) is 6.61 Å². The van der Waals surface area contributed by atoms with Gasteiger partial charge in [-0.15, -0.1) is 0 Å². The van der Waals surface area contributed by atoms with E-state index in [9.17, 15) is 0 Å². The second-order valence-corrected chi connectivity index (χ2v) is 12.4. The van der Waals surface area contributed by atoms with Crippen LogP contribution in [-0.4, -0.2) is 18.0 Å². The fourth-order valence-corrected chi connectivity index (χ4v) is 1.97. The molecule has 0 amide bonds. The molecule has 7 heteroatoms. The molecule has 0 atom stereocenters. The van der Waals surface area contributed by atoms with Crippen LogP contribution in [0.5, 0.6) is 0 Å². The van der Waals surface area contributed by atoms with Gasteiger partial charge in [0.2, 0.25) is 0 Å². The molecule has 0 aromatic heterocycles. The van der Waals surface area contributed by atoms with Crippen molar-refractivity contribution in [2.24, 2.45) is 9.98 Å². The summed E-state index contributed by atoms with van der Waals surface area (Å²) in [6.45, 7) is 6.77. The fraction of sp³-hybridized carbons (Fsp3) is 0.250. The molecule has 0 N–H and O–H groups in total.